The molecule has 0 saturated heterocycles. The molecule has 0 unspecified atom stereocenters. The molecule has 0 amide bonds. The summed E-state index contributed by atoms with van der Waals surface area (Å²) in [6.07, 6.45) is 2.39. The first-order chi connectivity index (χ1) is 8.74. The van der Waals surface area contributed by atoms with E-state index in [4.69, 9.17) is 4.74 Å². The van der Waals surface area contributed by atoms with Gasteiger partial charge in [0.15, 0.2) is 0 Å². The SMILES string of the molecule is COC(=O)Cc1ccsc1-c1ccc(SC)cc1. The third-order valence-electron chi connectivity index (χ3n) is 2.66. The third-order valence-corrected chi connectivity index (χ3v) is 4.41. The van der Waals surface area contributed by atoms with Crippen LogP contribution >= 0.6 is 23.1 Å². The molecule has 0 fully saturated rings. The fourth-order valence-electron chi connectivity index (χ4n) is 1.70. The summed E-state index contributed by atoms with van der Waals surface area (Å²) < 4.78 is 4.71. The normalized spacial score (nSPS) is 10.3. The van der Waals surface area contributed by atoms with Gasteiger partial charge in [0.05, 0.1) is 13.5 Å². The number of carbonyl (C=O) groups is 1. The summed E-state index contributed by atoms with van der Waals surface area (Å²) >= 11 is 3.38. The largest absolute Gasteiger partial charge is 0.469 e. The first kappa shape index (κ1) is 13.2. The molecule has 0 bridgehead atoms. The average molecular weight is 278 g/mol. The summed E-state index contributed by atoms with van der Waals surface area (Å²) in [5.74, 6) is -0.199. The Bertz CT molecular complexity index is 529. The lowest BCUT2D eigenvalue weighted by molar-refractivity contribution is -0.139. The number of hydrogen-bond acceptors (Lipinski definition) is 4. The molecule has 0 aliphatic heterocycles. The molecule has 4 heteroatoms. The molecule has 0 atom stereocenters. The van der Waals surface area contributed by atoms with E-state index in [0.29, 0.717) is 6.42 Å². The highest BCUT2D eigenvalue weighted by atomic mass is 32.2. The fourth-order valence-corrected chi connectivity index (χ4v) is 3.04. The van der Waals surface area contributed by atoms with Crippen LogP contribution in [0.1, 0.15) is 5.56 Å². The van der Waals surface area contributed by atoms with Gasteiger partial charge in [0, 0.05) is 9.77 Å². The van der Waals surface area contributed by atoms with E-state index in [1.54, 1.807) is 23.1 Å². The predicted molar refractivity (Wildman–Crippen MR) is 77.3 cm³/mol. The predicted octanol–water partition coefficient (Wildman–Crippen LogP) is 3.85. The van der Waals surface area contributed by atoms with Crippen LogP contribution < -0.4 is 0 Å². The number of thioether (sulfide) groups is 1. The molecule has 0 aliphatic rings. The van der Waals surface area contributed by atoms with Crippen molar-refractivity contribution in [3.8, 4) is 10.4 Å². The van der Waals surface area contributed by atoms with Gasteiger partial charge in [-0.3, -0.25) is 4.79 Å². The lowest BCUT2D eigenvalue weighted by atomic mass is 10.1. The van der Waals surface area contributed by atoms with Crippen molar-refractivity contribution in [3.05, 3.63) is 41.3 Å². The van der Waals surface area contributed by atoms with Gasteiger partial charge in [-0.05, 0) is 41.0 Å². The Morgan fingerprint density at radius 1 is 1.28 bits per heavy atom. The summed E-state index contributed by atoms with van der Waals surface area (Å²) in [6, 6.07) is 10.4. The topological polar surface area (TPSA) is 26.3 Å². The molecule has 0 N–H and O–H groups in total. The molecule has 1 aromatic heterocycles. The molecule has 0 radical (unpaired) electrons. The lowest BCUT2D eigenvalue weighted by Gasteiger charge is -2.04. The number of thiophene rings is 1. The van der Waals surface area contributed by atoms with E-state index in [1.165, 1.54) is 12.0 Å². The molecule has 1 heterocycles. The van der Waals surface area contributed by atoms with E-state index < -0.39 is 0 Å². The number of hydrogen-bond donors (Lipinski definition) is 0. The number of esters is 1. The van der Waals surface area contributed by atoms with Gasteiger partial charge in [0.1, 0.15) is 0 Å². The van der Waals surface area contributed by atoms with Gasteiger partial charge in [-0.15, -0.1) is 23.1 Å². The molecule has 0 aliphatic carbocycles. The van der Waals surface area contributed by atoms with Crippen molar-refractivity contribution >= 4 is 29.1 Å². The van der Waals surface area contributed by atoms with Crippen molar-refractivity contribution < 1.29 is 9.53 Å². The summed E-state index contributed by atoms with van der Waals surface area (Å²) in [5, 5.41) is 2.01. The van der Waals surface area contributed by atoms with E-state index in [1.807, 2.05) is 11.4 Å². The number of carbonyl (C=O) groups excluding carboxylic acids is 1. The standard InChI is InChI=1S/C14H14O2S2/c1-16-13(15)9-11-7-8-18-14(11)10-3-5-12(17-2)6-4-10/h3-8H,9H2,1-2H3. The second-order valence-electron chi connectivity index (χ2n) is 3.76. The van der Waals surface area contributed by atoms with E-state index in [2.05, 4.69) is 30.5 Å². The molecule has 1 aromatic carbocycles. The Labute approximate surface area is 115 Å². The van der Waals surface area contributed by atoms with Crippen molar-refractivity contribution in [2.75, 3.05) is 13.4 Å². The van der Waals surface area contributed by atoms with E-state index in [9.17, 15) is 4.79 Å². The fraction of sp³-hybridized carbons (Fsp3) is 0.214. The van der Waals surface area contributed by atoms with Crippen LogP contribution in [0.2, 0.25) is 0 Å². The molecule has 94 valence electrons. The average Bonchev–Trinajstić information content (AvgIpc) is 2.86. The van der Waals surface area contributed by atoms with Gasteiger partial charge in [0.25, 0.3) is 0 Å². The van der Waals surface area contributed by atoms with Gasteiger partial charge in [-0.2, -0.15) is 0 Å². The maximum absolute atomic E-state index is 11.3. The highest BCUT2D eigenvalue weighted by Gasteiger charge is 2.11. The molecule has 2 aromatic rings. The molecular weight excluding hydrogens is 264 g/mol. The van der Waals surface area contributed by atoms with Crippen molar-refractivity contribution in [1.29, 1.82) is 0 Å². The van der Waals surface area contributed by atoms with Gasteiger partial charge in [-0.1, -0.05) is 12.1 Å². The lowest BCUT2D eigenvalue weighted by Crippen LogP contribution is -2.04. The van der Waals surface area contributed by atoms with Gasteiger partial charge < -0.3 is 4.74 Å². The monoisotopic (exact) mass is 278 g/mol. The minimum atomic E-state index is -0.199. The van der Waals surface area contributed by atoms with Crippen LogP contribution in [0.4, 0.5) is 0 Å². The molecule has 0 saturated carbocycles. The summed E-state index contributed by atoms with van der Waals surface area (Å²) in [5.41, 5.74) is 2.19. The van der Waals surface area contributed by atoms with Gasteiger partial charge in [-0.25, -0.2) is 0 Å². The minimum Gasteiger partial charge on any atom is -0.469 e. The second kappa shape index (κ2) is 6.07. The van der Waals surface area contributed by atoms with Gasteiger partial charge >= 0.3 is 5.97 Å². The zero-order valence-corrected chi connectivity index (χ0v) is 11.9. The van der Waals surface area contributed by atoms with Crippen LogP contribution in [0, 0.1) is 0 Å². The van der Waals surface area contributed by atoms with E-state index in [0.717, 1.165) is 16.0 Å². The molecule has 2 nitrogen and oxygen atoms in total. The van der Waals surface area contributed by atoms with Crippen LogP contribution in [0.15, 0.2) is 40.6 Å². The van der Waals surface area contributed by atoms with Crippen molar-refractivity contribution in [1.82, 2.24) is 0 Å². The van der Waals surface area contributed by atoms with Crippen LogP contribution in [0.25, 0.3) is 10.4 Å². The summed E-state index contributed by atoms with van der Waals surface area (Å²) in [4.78, 5) is 13.7. The quantitative estimate of drug-likeness (QED) is 0.627. The Morgan fingerprint density at radius 2 is 2.00 bits per heavy atom. The second-order valence-corrected chi connectivity index (χ2v) is 5.55. The van der Waals surface area contributed by atoms with Crippen LogP contribution in [0.5, 0.6) is 0 Å². The molecule has 0 spiro atoms. The minimum absolute atomic E-state index is 0.199. The molecule has 18 heavy (non-hydrogen) atoms. The van der Waals surface area contributed by atoms with Crippen molar-refractivity contribution in [3.63, 3.8) is 0 Å². The number of rotatable bonds is 4. The summed E-state index contributed by atoms with van der Waals surface area (Å²) in [6.45, 7) is 0. The first-order valence-electron chi connectivity index (χ1n) is 5.52. The Kier molecular flexibility index (Phi) is 4.44. The maximum Gasteiger partial charge on any atom is 0.310 e. The van der Waals surface area contributed by atoms with E-state index in [-0.39, 0.29) is 5.97 Å². The van der Waals surface area contributed by atoms with Crippen molar-refractivity contribution in [2.45, 2.75) is 11.3 Å². The van der Waals surface area contributed by atoms with E-state index >= 15 is 0 Å². The number of methoxy groups -OCH3 is 1. The number of ether oxygens (including phenoxy) is 1. The van der Waals surface area contributed by atoms with Crippen LogP contribution in [-0.2, 0) is 16.0 Å². The smallest absolute Gasteiger partial charge is 0.310 e. The number of benzene rings is 1. The Hall–Kier alpha value is -1.26. The highest BCUT2D eigenvalue weighted by molar-refractivity contribution is 7.98. The third kappa shape index (κ3) is 2.94. The van der Waals surface area contributed by atoms with Crippen LogP contribution in [-0.4, -0.2) is 19.3 Å². The molecular formula is C14H14O2S2. The zero-order chi connectivity index (χ0) is 13.0. The Morgan fingerprint density at radius 3 is 2.61 bits per heavy atom. The highest BCUT2D eigenvalue weighted by Crippen LogP contribution is 2.31. The Balaban J connectivity index is 2.27. The zero-order valence-electron chi connectivity index (χ0n) is 10.3. The van der Waals surface area contributed by atoms with Crippen LogP contribution in [0.3, 0.4) is 0 Å². The van der Waals surface area contributed by atoms with Crippen molar-refractivity contribution in [2.24, 2.45) is 0 Å². The summed E-state index contributed by atoms with van der Waals surface area (Å²) in [7, 11) is 1.42. The first-order valence-corrected chi connectivity index (χ1v) is 7.62. The molecule has 2 rings (SSSR count). The van der Waals surface area contributed by atoms with Gasteiger partial charge in [0.2, 0.25) is 0 Å². The maximum atomic E-state index is 11.3.